The molecule has 1 aromatic heterocycles. The van der Waals surface area contributed by atoms with Crippen molar-refractivity contribution in [3.05, 3.63) is 52.0 Å². The summed E-state index contributed by atoms with van der Waals surface area (Å²) >= 11 is 9.43. The molecule has 0 aliphatic rings. The van der Waals surface area contributed by atoms with E-state index in [9.17, 15) is 0 Å². The van der Waals surface area contributed by atoms with Crippen LogP contribution in [0.25, 0.3) is 0 Å². The van der Waals surface area contributed by atoms with E-state index in [4.69, 9.17) is 11.6 Å². The fraction of sp³-hybridized carbons (Fsp3) is 0.308. The van der Waals surface area contributed by atoms with Gasteiger partial charge in [0.15, 0.2) is 0 Å². The zero-order valence-corrected chi connectivity index (χ0v) is 12.4. The highest BCUT2D eigenvalue weighted by atomic mass is 79.9. The first-order chi connectivity index (χ1) is 8.65. The molecular formula is C13H15BrClN3. The number of halogens is 2. The predicted octanol–water partition coefficient (Wildman–Crippen LogP) is 3.48. The molecule has 1 aromatic carbocycles. The van der Waals surface area contributed by atoms with Crippen molar-refractivity contribution < 1.29 is 0 Å². The highest BCUT2D eigenvalue weighted by Gasteiger charge is 2.05. The van der Waals surface area contributed by atoms with Crippen LogP contribution < -0.4 is 5.32 Å². The van der Waals surface area contributed by atoms with Gasteiger partial charge >= 0.3 is 0 Å². The molecule has 18 heavy (non-hydrogen) atoms. The lowest BCUT2D eigenvalue weighted by Gasteiger charge is -2.15. The van der Waals surface area contributed by atoms with Gasteiger partial charge in [0.05, 0.1) is 6.33 Å². The zero-order valence-electron chi connectivity index (χ0n) is 10.1. The molecule has 0 aliphatic carbocycles. The van der Waals surface area contributed by atoms with Crippen LogP contribution in [0.1, 0.15) is 12.5 Å². The summed E-state index contributed by atoms with van der Waals surface area (Å²) in [6, 6.07) is 6.23. The first-order valence-electron chi connectivity index (χ1n) is 5.78. The Labute approximate surface area is 120 Å². The number of nitrogens with one attached hydrogen (secondary N) is 1. The second-order valence-corrected chi connectivity index (χ2v) is 5.57. The number of aromatic nitrogens is 2. The van der Waals surface area contributed by atoms with Crippen LogP contribution in [0.5, 0.6) is 0 Å². The van der Waals surface area contributed by atoms with E-state index in [2.05, 4.69) is 37.7 Å². The van der Waals surface area contributed by atoms with Crippen molar-refractivity contribution in [1.29, 1.82) is 0 Å². The monoisotopic (exact) mass is 327 g/mol. The van der Waals surface area contributed by atoms with Crippen LogP contribution >= 0.6 is 27.5 Å². The third-order valence-corrected chi connectivity index (χ3v) is 3.67. The van der Waals surface area contributed by atoms with Crippen LogP contribution in [0.2, 0.25) is 5.02 Å². The van der Waals surface area contributed by atoms with Crippen LogP contribution in [-0.4, -0.2) is 15.6 Å². The van der Waals surface area contributed by atoms with Gasteiger partial charge in [0.25, 0.3) is 0 Å². The Bertz CT molecular complexity index is 499. The summed E-state index contributed by atoms with van der Waals surface area (Å²) in [5.74, 6) is 0. The normalized spacial score (nSPS) is 12.6. The van der Waals surface area contributed by atoms with Gasteiger partial charge in [-0.25, -0.2) is 4.98 Å². The summed E-state index contributed by atoms with van der Waals surface area (Å²) in [7, 11) is 0. The highest BCUT2D eigenvalue weighted by molar-refractivity contribution is 9.10. The third-order valence-electron chi connectivity index (χ3n) is 2.70. The van der Waals surface area contributed by atoms with Crippen molar-refractivity contribution in [3.63, 3.8) is 0 Å². The first-order valence-corrected chi connectivity index (χ1v) is 6.95. The van der Waals surface area contributed by atoms with Crippen LogP contribution in [0.3, 0.4) is 0 Å². The van der Waals surface area contributed by atoms with Crippen molar-refractivity contribution >= 4 is 27.5 Å². The third kappa shape index (κ3) is 3.83. The fourth-order valence-corrected chi connectivity index (χ4v) is 2.55. The second-order valence-electron chi connectivity index (χ2n) is 4.28. The molecule has 1 N–H and O–H groups in total. The standard InChI is InChI=1S/C13H15BrClN3/c1-10(8-18-5-4-16-9-18)17-7-11-2-3-12(15)6-13(11)14/h2-6,9-10,17H,7-8H2,1H3. The number of nitrogens with zero attached hydrogens (tertiary/aromatic N) is 2. The van der Waals surface area contributed by atoms with Crippen molar-refractivity contribution in [1.82, 2.24) is 14.9 Å². The Balaban J connectivity index is 1.87. The maximum absolute atomic E-state index is 5.91. The van der Waals surface area contributed by atoms with Gasteiger partial charge in [0.1, 0.15) is 0 Å². The summed E-state index contributed by atoms with van der Waals surface area (Å²) in [5, 5.41) is 4.22. The van der Waals surface area contributed by atoms with E-state index in [-0.39, 0.29) is 0 Å². The minimum absolute atomic E-state index is 0.377. The lowest BCUT2D eigenvalue weighted by Crippen LogP contribution is -2.29. The molecule has 96 valence electrons. The lowest BCUT2D eigenvalue weighted by atomic mass is 10.2. The Hall–Kier alpha value is -0.840. The van der Waals surface area contributed by atoms with E-state index in [1.54, 1.807) is 6.20 Å². The maximum Gasteiger partial charge on any atom is 0.0946 e. The van der Waals surface area contributed by atoms with Crippen molar-refractivity contribution in [2.24, 2.45) is 0 Å². The molecule has 0 fully saturated rings. The molecule has 5 heteroatoms. The van der Waals surface area contributed by atoms with Crippen molar-refractivity contribution in [3.8, 4) is 0 Å². The first kappa shape index (κ1) is 13.6. The number of benzene rings is 1. The number of rotatable bonds is 5. The van der Waals surface area contributed by atoms with E-state index < -0.39 is 0 Å². The maximum atomic E-state index is 5.91. The molecule has 0 saturated carbocycles. The Kier molecular flexibility index (Phi) is 4.80. The van der Waals surface area contributed by atoms with Gasteiger partial charge < -0.3 is 9.88 Å². The van der Waals surface area contributed by atoms with E-state index in [1.165, 1.54) is 5.56 Å². The fourth-order valence-electron chi connectivity index (χ4n) is 1.72. The average Bonchev–Trinajstić information content (AvgIpc) is 2.80. The number of imidazole rings is 1. The molecule has 0 amide bonds. The van der Waals surface area contributed by atoms with Gasteiger partial charge in [-0.05, 0) is 24.6 Å². The van der Waals surface area contributed by atoms with E-state index in [0.717, 1.165) is 22.6 Å². The molecule has 0 radical (unpaired) electrons. The van der Waals surface area contributed by atoms with E-state index in [0.29, 0.717) is 6.04 Å². The van der Waals surface area contributed by atoms with Crippen LogP contribution in [-0.2, 0) is 13.1 Å². The quantitative estimate of drug-likeness (QED) is 0.910. The average molecular weight is 329 g/mol. The minimum Gasteiger partial charge on any atom is -0.336 e. The molecule has 1 heterocycles. The molecule has 2 aromatic rings. The predicted molar refractivity (Wildman–Crippen MR) is 77.7 cm³/mol. The molecule has 1 atom stereocenters. The Morgan fingerprint density at radius 1 is 1.50 bits per heavy atom. The smallest absolute Gasteiger partial charge is 0.0946 e. The number of hydrogen-bond acceptors (Lipinski definition) is 2. The SMILES string of the molecule is CC(Cn1ccnc1)NCc1ccc(Cl)cc1Br. The second kappa shape index (κ2) is 6.36. The molecule has 2 rings (SSSR count). The van der Waals surface area contributed by atoms with E-state index in [1.807, 2.05) is 30.7 Å². The molecule has 0 spiro atoms. The largest absolute Gasteiger partial charge is 0.336 e. The summed E-state index contributed by atoms with van der Waals surface area (Å²) in [6.07, 6.45) is 5.59. The molecule has 0 aliphatic heterocycles. The summed E-state index contributed by atoms with van der Waals surface area (Å²) in [5.41, 5.74) is 1.21. The van der Waals surface area contributed by atoms with Crippen LogP contribution in [0.15, 0.2) is 41.4 Å². The molecular weight excluding hydrogens is 314 g/mol. The highest BCUT2D eigenvalue weighted by Crippen LogP contribution is 2.21. The summed E-state index contributed by atoms with van der Waals surface area (Å²) < 4.78 is 3.10. The van der Waals surface area contributed by atoms with Crippen LogP contribution in [0.4, 0.5) is 0 Å². The van der Waals surface area contributed by atoms with Gasteiger partial charge in [-0.2, -0.15) is 0 Å². The van der Waals surface area contributed by atoms with Gasteiger partial charge in [-0.1, -0.05) is 33.6 Å². The Morgan fingerprint density at radius 3 is 3.00 bits per heavy atom. The zero-order chi connectivity index (χ0) is 13.0. The minimum atomic E-state index is 0.377. The van der Waals surface area contributed by atoms with Crippen LogP contribution in [0, 0.1) is 0 Å². The molecule has 3 nitrogen and oxygen atoms in total. The van der Waals surface area contributed by atoms with Gasteiger partial charge in [0.2, 0.25) is 0 Å². The van der Waals surface area contributed by atoms with E-state index >= 15 is 0 Å². The summed E-state index contributed by atoms with van der Waals surface area (Å²) in [6.45, 7) is 3.88. The Morgan fingerprint density at radius 2 is 2.33 bits per heavy atom. The van der Waals surface area contributed by atoms with Crippen molar-refractivity contribution in [2.45, 2.75) is 26.1 Å². The lowest BCUT2D eigenvalue weighted by molar-refractivity contribution is 0.475. The summed E-state index contributed by atoms with van der Waals surface area (Å²) in [4.78, 5) is 4.03. The van der Waals surface area contributed by atoms with Gasteiger partial charge in [-0.3, -0.25) is 0 Å². The molecule has 1 unspecified atom stereocenters. The van der Waals surface area contributed by atoms with Crippen molar-refractivity contribution in [2.75, 3.05) is 0 Å². The van der Waals surface area contributed by atoms with Gasteiger partial charge in [-0.15, -0.1) is 0 Å². The molecule has 0 saturated heterocycles. The molecule has 0 bridgehead atoms. The van der Waals surface area contributed by atoms with Gasteiger partial charge in [0, 0.05) is 41.0 Å². The topological polar surface area (TPSA) is 29.9 Å². The number of hydrogen-bond donors (Lipinski definition) is 1.